The van der Waals surface area contributed by atoms with Crippen LogP contribution in [-0.4, -0.2) is 101 Å². The maximum atomic E-state index is 12.9. The second-order valence-electron chi connectivity index (χ2n) is 6.95. The van der Waals surface area contributed by atoms with Crippen LogP contribution in [0.2, 0.25) is 0 Å². The van der Waals surface area contributed by atoms with Gasteiger partial charge in [-0.1, -0.05) is 0 Å². The maximum absolute atomic E-state index is 12.9. The van der Waals surface area contributed by atoms with Gasteiger partial charge in [0.15, 0.2) is 5.65 Å². The first-order chi connectivity index (χ1) is 12.7. The van der Waals surface area contributed by atoms with Crippen LogP contribution in [0.4, 0.5) is 0 Å². The van der Waals surface area contributed by atoms with Crippen molar-refractivity contribution < 1.29 is 9.53 Å². The number of ether oxygens (including phenoxy) is 1. The van der Waals surface area contributed by atoms with Crippen molar-refractivity contribution in [3.63, 3.8) is 0 Å². The summed E-state index contributed by atoms with van der Waals surface area (Å²) in [4.78, 5) is 24.1. The Morgan fingerprint density at radius 3 is 2.50 bits per heavy atom. The lowest BCUT2D eigenvalue weighted by atomic mass is 10.2. The molecule has 0 aromatic carbocycles. The van der Waals surface area contributed by atoms with Crippen molar-refractivity contribution in [2.24, 2.45) is 0 Å². The molecular weight excluding hydrogens is 332 g/mol. The third-order valence-corrected chi connectivity index (χ3v) is 5.38. The van der Waals surface area contributed by atoms with E-state index in [0.29, 0.717) is 5.56 Å². The third-order valence-electron chi connectivity index (χ3n) is 5.38. The molecule has 0 aliphatic carbocycles. The van der Waals surface area contributed by atoms with Crippen LogP contribution in [0.3, 0.4) is 0 Å². The minimum absolute atomic E-state index is 0.0558. The van der Waals surface area contributed by atoms with Crippen molar-refractivity contribution in [1.29, 1.82) is 0 Å². The SMILES string of the molecule is Cc1c(C(=O)N2CCN(CCN3CCOCC3)CC2)cnc2ccnn12. The van der Waals surface area contributed by atoms with Crippen molar-refractivity contribution in [3.8, 4) is 0 Å². The Balaban J connectivity index is 1.32. The van der Waals surface area contributed by atoms with Crippen LogP contribution >= 0.6 is 0 Å². The highest BCUT2D eigenvalue weighted by atomic mass is 16.5. The molecule has 2 aromatic rings. The average molecular weight is 358 g/mol. The molecule has 2 saturated heterocycles. The van der Waals surface area contributed by atoms with Crippen LogP contribution in [-0.2, 0) is 4.74 Å². The molecule has 26 heavy (non-hydrogen) atoms. The Kier molecular flexibility index (Phi) is 5.14. The van der Waals surface area contributed by atoms with Crippen LogP contribution < -0.4 is 0 Å². The van der Waals surface area contributed by atoms with Crippen molar-refractivity contribution in [2.75, 3.05) is 65.6 Å². The van der Waals surface area contributed by atoms with Gasteiger partial charge in [0.25, 0.3) is 5.91 Å². The summed E-state index contributed by atoms with van der Waals surface area (Å²) in [7, 11) is 0. The van der Waals surface area contributed by atoms with E-state index in [2.05, 4.69) is 19.9 Å². The van der Waals surface area contributed by atoms with E-state index in [9.17, 15) is 4.79 Å². The van der Waals surface area contributed by atoms with Crippen LogP contribution in [0, 0.1) is 6.92 Å². The Morgan fingerprint density at radius 2 is 1.77 bits per heavy atom. The minimum atomic E-state index is 0.0558. The van der Waals surface area contributed by atoms with Gasteiger partial charge >= 0.3 is 0 Å². The number of piperazine rings is 1. The molecule has 8 heteroatoms. The molecular formula is C18H26N6O2. The van der Waals surface area contributed by atoms with Gasteiger partial charge in [-0.15, -0.1) is 0 Å². The maximum Gasteiger partial charge on any atom is 0.257 e. The molecule has 4 rings (SSSR count). The van der Waals surface area contributed by atoms with Gasteiger partial charge in [-0.3, -0.25) is 14.6 Å². The number of hydrogen-bond donors (Lipinski definition) is 0. The Labute approximate surface area is 153 Å². The molecule has 0 atom stereocenters. The number of aryl methyl sites for hydroxylation is 1. The van der Waals surface area contributed by atoms with E-state index >= 15 is 0 Å². The number of aromatic nitrogens is 3. The van der Waals surface area contributed by atoms with Gasteiger partial charge in [0.1, 0.15) is 0 Å². The predicted molar refractivity (Wildman–Crippen MR) is 97.3 cm³/mol. The molecule has 0 bridgehead atoms. The summed E-state index contributed by atoms with van der Waals surface area (Å²) in [6.45, 7) is 11.2. The fourth-order valence-electron chi connectivity index (χ4n) is 3.65. The number of hydrogen-bond acceptors (Lipinski definition) is 6. The van der Waals surface area contributed by atoms with Gasteiger partial charge in [-0.25, -0.2) is 9.50 Å². The zero-order valence-electron chi connectivity index (χ0n) is 15.3. The quantitative estimate of drug-likeness (QED) is 0.774. The standard InChI is InChI=1S/C18H26N6O2/c1-15-16(14-19-17-2-3-20-24(15)17)18(25)23-8-6-21(7-9-23)4-5-22-10-12-26-13-11-22/h2-3,14H,4-13H2,1H3. The lowest BCUT2D eigenvalue weighted by Crippen LogP contribution is -2.51. The summed E-state index contributed by atoms with van der Waals surface area (Å²) in [5, 5.41) is 4.25. The van der Waals surface area contributed by atoms with Crippen molar-refractivity contribution in [3.05, 3.63) is 29.7 Å². The van der Waals surface area contributed by atoms with Crippen LogP contribution in [0.15, 0.2) is 18.5 Å². The molecule has 2 aliphatic rings. The summed E-state index contributed by atoms with van der Waals surface area (Å²) in [6.07, 6.45) is 3.39. The zero-order chi connectivity index (χ0) is 17.9. The lowest BCUT2D eigenvalue weighted by Gasteiger charge is -2.36. The van der Waals surface area contributed by atoms with E-state index in [4.69, 9.17) is 4.74 Å². The van der Waals surface area contributed by atoms with Gasteiger partial charge < -0.3 is 9.64 Å². The van der Waals surface area contributed by atoms with Crippen molar-refractivity contribution in [2.45, 2.75) is 6.92 Å². The van der Waals surface area contributed by atoms with Gasteiger partial charge in [0, 0.05) is 64.6 Å². The van der Waals surface area contributed by atoms with E-state index in [0.717, 1.165) is 76.9 Å². The fraction of sp³-hybridized carbons (Fsp3) is 0.611. The number of fused-ring (bicyclic) bond motifs is 1. The monoisotopic (exact) mass is 358 g/mol. The normalized spacial score (nSPS) is 20.0. The number of rotatable bonds is 4. The molecule has 0 unspecified atom stereocenters. The highest BCUT2D eigenvalue weighted by Crippen LogP contribution is 2.13. The molecule has 0 N–H and O–H groups in total. The number of carbonyl (C=O) groups is 1. The van der Waals surface area contributed by atoms with Crippen LogP contribution in [0.5, 0.6) is 0 Å². The Morgan fingerprint density at radius 1 is 1.08 bits per heavy atom. The summed E-state index contributed by atoms with van der Waals surface area (Å²) in [5.41, 5.74) is 2.26. The van der Waals surface area contributed by atoms with Crippen molar-refractivity contribution >= 4 is 11.6 Å². The molecule has 1 amide bonds. The molecule has 0 spiro atoms. The van der Waals surface area contributed by atoms with Gasteiger partial charge in [0.05, 0.1) is 30.7 Å². The number of nitrogens with zero attached hydrogens (tertiary/aromatic N) is 6. The summed E-state index contributed by atoms with van der Waals surface area (Å²) in [5.74, 6) is 0.0558. The molecule has 4 heterocycles. The Hall–Kier alpha value is -2.03. The van der Waals surface area contributed by atoms with E-state index in [1.165, 1.54) is 0 Å². The summed E-state index contributed by atoms with van der Waals surface area (Å²) < 4.78 is 7.12. The highest BCUT2D eigenvalue weighted by Gasteiger charge is 2.24. The summed E-state index contributed by atoms with van der Waals surface area (Å²) >= 11 is 0. The molecule has 140 valence electrons. The number of morpholine rings is 1. The highest BCUT2D eigenvalue weighted by molar-refractivity contribution is 5.95. The number of amides is 1. The number of carbonyl (C=O) groups excluding carboxylic acids is 1. The Bertz CT molecular complexity index is 762. The largest absolute Gasteiger partial charge is 0.379 e. The van der Waals surface area contributed by atoms with Crippen molar-refractivity contribution in [1.82, 2.24) is 29.3 Å². The fourth-order valence-corrected chi connectivity index (χ4v) is 3.65. The van der Waals surface area contributed by atoms with Gasteiger partial charge in [-0.05, 0) is 6.92 Å². The molecule has 0 radical (unpaired) electrons. The average Bonchev–Trinajstić information content (AvgIpc) is 3.17. The van der Waals surface area contributed by atoms with E-state index in [-0.39, 0.29) is 5.91 Å². The molecule has 0 saturated carbocycles. The van der Waals surface area contributed by atoms with E-state index < -0.39 is 0 Å². The first kappa shape index (κ1) is 17.4. The molecule has 2 aliphatic heterocycles. The lowest BCUT2D eigenvalue weighted by molar-refractivity contribution is 0.0293. The predicted octanol–water partition coefficient (Wildman–Crippen LogP) is 0.128. The first-order valence-electron chi connectivity index (χ1n) is 9.33. The molecule has 2 aromatic heterocycles. The van der Waals surface area contributed by atoms with Gasteiger partial charge in [0.2, 0.25) is 0 Å². The molecule has 2 fully saturated rings. The zero-order valence-corrected chi connectivity index (χ0v) is 15.3. The van der Waals surface area contributed by atoms with E-state index in [1.54, 1.807) is 16.9 Å². The smallest absolute Gasteiger partial charge is 0.257 e. The van der Waals surface area contributed by atoms with E-state index in [1.807, 2.05) is 17.9 Å². The first-order valence-corrected chi connectivity index (χ1v) is 9.33. The minimum Gasteiger partial charge on any atom is -0.379 e. The van der Waals surface area contributed by atoms with Crippen LogP contribution in [0.25, 0.3) is 5.65 Å². The second kappa shape index (κ2) is 7.69. The molecule has 8 nitrogen and oxygen atoms in total. The van der Waals surface area contributed by atoms with Gasteiger partial charge in [-0.2, -0.15) is 5.10 Å². The summed E-state index contributed by atoms with van der Waals surface area (Å²) in [6, 6.07) is 1.84. The topological polar surface area (TPSA) is 66.2 Å². The third kappa shape index (κ3) is 3.58. The second-order valence-corrected chi connectivity index (χ2v) is 6.95. The van der Waals surface area contributed by atoms with Crippen LogP contribution in [0.1, 0.15) is 16.1 Å².